The van der Waals surface area contributed by atoms with Gasteiger partial charge < -0.3 is 10.4 Å². The lowest BCUT2D eigenvalue weighted by Crippen LogP contribution is -2.15. The number of carboxylic acid groups (broad SMARTS) is 1. The molecule has 104 valence electrons. The maximum absolute atomic E-state index is 13.1. The molecule has 0 spiro atoms. The molecule has 1 heterocycles. The Bertz CT molecular complexity index is 694. The summed E-state index contributed by atoms with van der Waals surface area (Å²) in [4.78, 5) is 25.0. The molecule has 0 unspecified atom stereocenters. The van der Waals surface area contributed by atoms with Gasteiger partial charge in [-0.25, -0.2) is 9.18 Å². The molecule has 0 aliphatic heterocycles. The molecule has 1 aromatic heterocycles. The molecule has 2 N–H and O–H groups in total. The van der Waals surface area contributed by atoms with Crippen LogP contribution in [0.4, 0.5) is 10.1 Å². The molecule has 0 aliphatic carbocycles. The zero-order chi connectivity index (χ0) is 14.9. The van der Waals surface area contributed by atoms with Gasteiger partial charge in [-0.3, -0.25) is 4.79 Å². The lowest BCUT2D eigenvalue weighted by Gasteiger charge is -2.08. The zero-order valence-electron chi connectivity index (χ0n) is 10.9. The van der Waals surface area contributed by atoms with Gasteiger partial charge in [-0.05, 0) is 38.1 Å². The van der Waals surface area contributed by atoms with Crippen LogP contribution < -0.4 is 5.32 Å². The molecule has 1 aromatic carbocycles. The smallest absolute Gasteiger partial charge is 0.337 e. The van der Waals surface area contributed by atoms with E-state index in [4.69, 9.17) is 5.11 Å². The molecule has 0 atom stereocenters. The predicted molar refractivity (Wildman–Crippen MR) is 75.1 cm³/mol. The van der Waals surface area contributed by atoms with Gasteiger partial charge in [0.05, 0.1) is 16.8 Å². The van der Waals surface area contributed by atoms with E-state index in [1.807, 2.05) is 13.8 Å². The maximum atomic E-state index is 13.1. The van der Waals surface area contributed by atoms with Crippen LogP contribution in [0.3, 0.4) is 0 Å². The first-order valence-corrected chi connectivity index (χ1v) is 6.61. The van der Waals surface area contributed by atoms with E-state index in [1.165, 1.54) is 17.4 Å². The molecule has 2 aromatic rings. The molecule has 4 nitrogen and oxygen atoms in total. The average Bonchev–Trinajstić information content (AvgIpc) is 2.70. The lowest BCUT2D eigenvalue weighted by molar-refractivity contribution is 0.0697. The molecule has 0 fully saturated rings. The predicted octanol–water partition coefficient (Wildman–Crippen LogP) is 3.45. The summed E-state index contributed by atoms with van der Waals surface area (Å²) in [7, 11) is 0. The Kier molecular flexibility index (Phi) is 3.85. The third-order valence-corrected chi connectivity index (χ3v) is 3.71. The van der Waals surface area contributed by atoms with Crippen molar-refractivity contribution in [1.82, 2.24) is 0 Å². The first-order chi connectivity index (χ1) is 9.38. The fraction of sp³-hybridized carbons (Fsp3) is 0.143. The zero-order valence-corrected chi connectivity index (χ0v) is 11.7. The van der Waals surface area contributed by atoms with Crippen molar-refractivity contribution in [3.63, 3.8) is 0 Å². The summed E-state index contributed by atoms with van der Waals surface area (Å²) in [5.74, 6) is -2.36. The monoisotopic (exact) mass is 293 g/mol. The van der Waals surface area contributed by atoms with Crippen molar-refractivity contribution in [1.29, 1.82) is 0 Å². The summed E-state index contributed by atoms with van der Waals surface area (Å²) in [6, 6.07) is 4.96. The summed E-state index contributed by atoms with van der Waals surface area (Å²) >= 11 is 1.48. The SMILES string of the molecule is Cc1cc(C(=O)Nc2ccc(F)cc2C(=O)O)c(C)s1. The number of carbonyl (C=O) groups is 2. The second-order valence-electron chi connectivity index (χ2n) is 4.28. The third-order valence-electron chi connectivity index (χ3n) is 2.75. The number of anilines is 1. The summed E-state index contributed by atoms with van der Waals surface area (Å²) in [5, 5.41) is 11.5. The van der Waals surface area contributed by atoms with Gasteiger partial charge in [0.25, 0.3) is 5.91 Å². The number of rotatable bonds is 3. The third kappa shape index (κ3) is 2.85. The van der Waals surface area contributed by atoms with Crippen LogP contribution in [0.25, 0.3) is 0 Å². The molecule has 0 saturated heterocycles. The maximum Gasteiger partial charge on any atom is 0.337 e. The topological polar surface area (TPSA) is 66.4 Å². The van der Waals surface area contributed by atoms with Gasteiger partial charge in [0.15, 0.2) is 0 Å². The van der Waals surface area contributed by atoms with Crippen LogP contribution in [0.2, 0.25) is 0 Å². The van der Waals surface area contributed by atoms with E-state index in [9.17, 15) is 14.0 Å². The number of carbonyl (C=O) groups excluding carboxylic acids is 1. The number of nitrogens with one attached hydrogen (secondary N) is 1. The Hall–Kier alpha value is -2.21. The Morgan fingerprint density at radius 3 is 2.45 bits per heavy atom. The Morgan fingerprint density at radius 1 is 1.20 bits per heavy atom. The van der Waals surface area contributed by atoms with Gasteiger partial charge in [-0.15, -0.1) is 11.3 Å². The van der Waals surface area contributed by atoms with Gasteiger partial charge in [0.1, 0.15) is 5.82 Å². The van der Waals surface area contributed by atoms with Crippen LogP contribution in [0, 0.1) is 19.7 Å². The lowest BCUT2D eigenvalue weighted by atomic mass is 10.1. The second kappa shape index (κ2) is 5.42. The number of hydrogen-bond acceptors (Lipinski definition) is 3. The minimum atomic E-state index is -1.29. The van der Waals surface area contributed by atoms with Gasteiger partial charge in [0.2, 0.25) is 0 Å². The van der Waals surface area contributed by atoms with Crippen LogP contribution in [-0.4, -0.2) is 17.0 Å². The molecule has 0 radical (unpaired) electrons. The van der Waals surface area contributed by atoms with E-state index in [-0.39, 0.29) is 11.3 Å². The number of thiophene rings is 1. The number of carboxylic acids is 1. The van der Waals surface area contributed by atoms with Crippen molar-refractivity contribution < 1.29 is 19.1 Å². The highest BCUT2D eigenvalue weighted by Gasteiger charge is 2.16. The molecule has 20 heavy (non-hydrogen) atoms. The molecule has 0 saturated carbocycles. The van der Waals surface area contributed by atoms with E-state index >= 15 is 0 Å². The van der Waals surface area contributed by atoms with Gasteiger partial charge >= 0.3 is 5.97 Å². The van der Waals surface area contributed by atoms with Crippen molar-refractivity contribution in [3.8, 4) is 0 Å². The molecular weight excluding hydrogens is 281 g/mol. The minimum absolute atomic E-state index is 0.0761. The normalized spacial score (nSPS) is 10.3. The van der Waals surface area contributed by atoms with Crippen molar-refractivity contribution in [2.75, 3.05) is 5.32 Å². The van der Waals surface area contributed by atoms with Crippen LogP contribution >= 0.6 is 11.3 Å². The van der Waals surface area contributed by atoms with E-state index in [0.29, 0.717) is 5.56 Å². The van der Waals surface area contributed by atoms with Crippen LogP contribution in [0.5, 0.6) is 0 Å². The van der Waals surface area contributed by atoms with Gasteiger partial charge in [0, 0.05) is 9.75 Å². The van der Waals surface area contributed by atoms with Crippen LogP contribution in [0.15, 0.2) is 24.3 Å². The van der Waals surface area contributed by atoms with Gasteiger partial charge in [-0.1, -0.05) is 0 Å². The molecular formula is C14H12FNO3S. The van der Waals surface area contributed by atoms with E-state index in [2.05, 4.69) is 5.32 Å². The van der Waals surface area contributed by atoms with Crippen molar-refractivity contribution in [2.24, 2.45) is 0 Å². The largest absolute Gasteiger partial charge is 0.478 e. The summed E-state index contributed by atoms with van der Waals surface area (Å²) in [5.41, 5.74) is 0.295. The fourth-order valence-electron chi connectivity index (χ4n) is 1.85. The molecule has 0 bridgehead atoms. The number of halogens is 1. The van der Waals surface area contributed by atoms with Crippen LogP contribution in [-0.2, 0) is 0 Å². The van der Waals surface area contributed by atoms with Crippen LogP contribution in [0.1, 0.15) is 30.5 Å². The minimum Gasteiger partial charge on any atom is -0.478 e. The van der Waals surface area contributed by atoms with E-state index in [0.717, 1.165) is 21.9 Å². The van der Waals surface area contributed by atoms with E-state index in [1.54, 1.807) is 6.07 Å². The second-order valence-corrected chi connectivity index (χ2v) is 5.74. The molecule has 6 heteroatoms. The molecule has 0 aliphatic rings. The Balaban J connectivity index is 2.33. The first kappa shape index (κ1) is 14.2. The summed E-state index contributed by atoms with van der Waals surface area (Å²) < 4.78 is 13.1. The summed E-state index contributed by atoms with van der Waals surface area (Å²) in [6.07, 6.45) is 0. The Morgan fingerprint density at radius 2 is 1.90 bits per heavy atom. The number of hydrogen-bond donors (Lipinski definition) is 2. The van der Waals surface area contributed by atoms with Crippen molar-refractivity contribution >= 4 is 28.9 Å². The van der Waals surface area contributed by atoms with Crippen molar-refractivity contribution in [3.05, 3.63) is 51.0 Å². The molecule has 2 rings (SSSR count). The number of benzene rings is 1. The van der Waals surface area contributed by atoms with Gasteiger partial charge in [-0.2, -0.15) is 0 Å². The van der Waals surface area contributed by atoms with E-state index < -0.39 is 17.7 Å². The highest BCUT2D eigenvalue weighted by molar-refractivity contribution is 7.12. The standard InChI is InChI=1S/C14H12FNO3S/c1-7-5-10(8(2)20-7)13(17)16-12-4-3-9(15)6-11(12)14(18)19/h3-6H,1-2H3,(H,16,17)(H,18,19). The fourth-order valence-corrected chi connectivity index (χ4v) is 2.77. The average molecular weight is 293 g/mol. The number of aryl methyl sites for hydroxylation is 2. The first-order valence-electron chi connectivity index (χ1n) is 5.79. The number of aromatic carboxylic acids is 1. The molecule has 1 amide bonds. The van der Waals surface area contributed by atoms with Crippen molar-refractivity contribution in [2.45, 2.75) is 13.8 Å². The summed E-state index contributed by atoms with van der Waals surface area (Å²) in [6.45, 7) is 3.70. The quantitative estimate of drug-likeness (QED) is 0.910. The highest BCUT2D eigenvalue weighted by Crippen LogP contribution is 2.23. The Labute approximate surface area is 118 Å². The number of amides is 1. The highest BCUT2D eigenvalue weighted by atomic mass is 32.1.